The molecule has 1 aromatic carbocycles. The van der Waals surface area contributed by atoms with Gasteiger partial charge < -0.3 is 20.4 Å². The Morgan fingerprint density at radius 3 is 2.59 bits per heavy atom. The lowest BCUT2D eigenvalue weighted by Gasteiger charge is -2.36. The van der Waals surface area contributed by atoms with Crippen molar-refractivity contribution in [1.82, 2.24) is 19.6 Å². The lowest BCUT2D eigenvalue weighted by atomic mass is 10.1. The van der Waals surface area contributed by atoms with E-state index >= 15 is 0 Å². The van der Waals surface area contributed by atoms with E-state index in [-0.39, 0.29) is 23.3 Å². The number of amides is 2. The molecule has 0 radical (unpaired) electrons. The van der Waals surface area contributed by atoms with E-state index in [1.165, 1.54) is 18.5 Å². The predicted octanol–water partition coefficient (Wildman–Crippen LogP) is 0.992. The van der Waals surface area contributed by atoms with Crippen LogP contribution in [0.3, 0.4) is 0 Å². The number of piperazine rings is 1. The van der Waals surface area contributed by atoms with Crippen LogP contribution in [0, 0.1) is 0 Å². The summed E-state index contributed by atoms with van der Waals surface area (Å²) in [5, 5.41) is 5.81. The third-order valence-corrected chi connectivity index (χ3v) is 7.60. The highest BCUT2D eigenvalue weighted by Gasteiger charge is 2.32. The number of carbonyl (C=O) groups excluding carboxylic acids is 2. The molecule has 0 atom stereocenters. The van der Waals surface area contributed by atoms with Crippen LogP contribution >= 0.6 is 0 Å². The zero-order valence-electron chi connectivity index (χ0n) is 18.5. The summed E-state index contributed by atoms with van der Waals surface area (Å²) in [5.74, 6) is 0.784. The maximum atomic E-state index is 12.7. The highest BCUT2D eigenvalue weighted by molar-refractivity contribution is 7.89. The fraction of sp³-hybridized carbons (Fsp3) is 0.364. The van der Waals surface area contributed by atoms with E-state index in [0.717, 1.165) is 0 Å². The van der Waals surface area contributed by atoms with Crippen molar-refractivity contribution >= 4 is 44.7 Å². The molecule has 2 aromatic rings. The van der Waals surface area contributed by atoms with E-state index < -0.39 is 10.0 Å². The summed E-state index contributed by atoms with van der Waals surface area (Å²) in [5.41, 5.74) is 1.46. The maximum Gasteiger partial charge on any atom is 0.259 e. The molecule has 178 valence electrons. The molecule has 4 aliphatic rings. The molecule has 2 amide bonds. The molecular weight excluding hydrogens is 458 g/mol. The van der Waals surface area contributed by atoms with Crippen molar-refractivity contribution in [1.29, 1.82) is 0 Å². The van der Waals surface area contributed by atoms with Crippen molar-refractivity contribution in [3.8, 4) is 0 Å². The first kappa shape index (κ1) is 22.3. The Morgan fingerprint density at radius 2 is 1.76 bits per heavy atom. The van der Waals surface area contributed by atoms with E-state index in [1.54, 1.807) is 18.3 Å². The van der Waals surface area contributed by atoms with Gasteiger partial charge in [0.05, 0.1) is 16.0 Å². The minimum Gasteiger partial charge on any atom is -0.361 e. The minimum atomic E-state index is -3.71. The zero-order chi connectivity index (χ0) is 23.7. The maximum absolute atomic E-state index is 12.7. The molecule has 4 aliphatic heterocycles. The van der Waals surface area contributed by atoms with Gasteiger partial charge in [-0.2, -0.15) is 0 Å². The third-order valence-electron chi connectivity index (χ3n) is 6.14. The number of aromatic nitrogens is 2. The number of fused-ring (bicyclic) bond motifs is 9. The molecule has 12 heteroatoms. The van der Waals surface area contributed by atoms with Crippen LogP contribution in [0.2, 0.25) is 0 Å². The SMILES string of the molecule is O=C1Nc2ncnc3c2/C1=C/Nc1cccc(c1)S(=O)(=O)NCCCCC(=O)N1CCN3CC1. The van der Waals surface area contributed by atoms with E-state index in [9.17, 15) is 18.0 Å². The Hall–Kier alpha value is -3.51. The molecule has 0 saturated carbocycles. The topological polar surface area (TPSA) is 137 Å². The van der Waals surface area contributed by atoms with Gasteiger partial charge >= 0.3 is 0 Å². The largest absolute Gasteiger partial charge is 0.361 e. The van der Waals surface area contributed by atoms with Gasteiger partial charge in [0.2, 0.25) is 15.9 Å². The fourth-order valence-corrected chi connectivity index (χ4v) is 5.43. The molecule has 6 rings (SSSR count). The van der Waals surface area contributed by atoms with Gasteiger partial charge in [0.1, 0.15) is 18.0 Å². The van der Waals surface area contributed by atoms with Crippen LogP contribution in [0.5, 0.6) is 0 Å². The van der Waals surface area contributed by atoms with Crippen LogP contribution in [0.15, 0.2) is 41.7 Å². The second kappa shape index (κ2) is 9.03. The number of hydrogen-bond acceptors (Lipinski definition) is 8. The normalized spacial score (nSPS) is 21.9. The van der Waals surface area contributed by atoms with Gasteiger partial charge in [-0.25, -0.2) is 23.1 Å². The van der Waals surface area contributed by atoms with E-state index in [4.69, 9.17) is 0 Å². The first-order valence-electron chi connectivity index (χ1n) is 11.2. The molecule has 0 aliphatic carbocycles. The molecular formula is C22H25N7O4S. The summed E-state index contributed by atoms with van der Waals surface area (Å²) >= 11 is 0. The summed E-state index contributed by atoms with van der Waals surface area (Å²) in [6.07, 6.45) is 4.50. The van der Waals surface area contributed by atoms with Crippen LogP contribution in [-0.2, 0) is 19.6 Å². The van der Waals surface area contributed by atoms with Crippen LogP contribution in [0.1, 0.15) is 24.8 Å². The van der Waals surface area contributed by atoms with Gasteiger partial charge in [-0.15, -0.1) is 0 Å². The summed E-state index contributed by atoms with van der Waals surface area (Å²) in [7, 11) is -3.71. The highest BCUT2D eigenvalue weighted by Crippen LogP contribution is 2.36. The van der Waals surface area contributed by atoms with Crippen molar-refractivity contribution in [2.24, 2.45) is 0 Å². The second-order valence-electron chi connectivity index (χ2n) is 8.33. The quantitative estimate of drug-likeness (QED) is 0.505. The number of benzene rings is 1. The molecule has 34 heavy (non-hydrogen) atoms. The zero-order valence-corrected chi connectivity index (χ0v) is 19.3. The molecule has 0 spiro atoms. The lowest BCUT2D eigenvalue weighted by Crippen LogP contribution is -2.49. The molecule has 5 heterocycles. The molecule has 1 aromatic heterocycles. The third kappa shape index (κ3) is 4.33. The molecule has 11 nitrogen and oxygen atoms in total. The molecule has 3 N–H and O–H groups in total. The standard InChI is InChI=1S/C22H25N7O4S/c30-18-6-1-2-7-26-34(32,33)16-5-3-4-15(12-16)23-13-17-19-20(27-22(17)31)24-14-25-21(19)29-10-8-28(18)9-11-29/h3-5,12-14,23,26H,1-2,6-11H2,(H,24,25,27,31)/b17-13-. The summed E-state index contributed by atoms with van der Waals surface area (Å²) in [4.78, 5) is 38.0. The van der Waals surface area contributed by atoms with Gasteiger partial charge in [-0.3, -0.25) is 9.59 Å². The predicted molar refractivity (Wildman–Crippen MR) is 127 cm³/mol. The molecule has 1 saturated heterocycles. The Kier molecular flexibility index (Phi) is 5.92. The van der Waals surface area contributed by atoms with Crippen LogP contribution < -0.4 is 20.3 Å². The Bertz CT molecular complexity index is 1270. The Labute approximate surface area is 197 Å². The summed E-state index contributed by atoms with van der Waals surface area (Å²) in [6.45, 7) is 2.53. The molecule has 1 fully saturated rings. The number of carbonyl (C=O) groups is 2. The lowest BCUT2D eigenvalue weighted by molar-refractivity contribution is -0.131. The first-order chi connectivity index (χ1) is 16.4. The number of sulfonamides is 1. The van der Waals surface area contributed by atoms with Crippen LogP contribution in [0.4, 0.5) is 17.3 Å². The number of hydrogen-bond donors (Lipinski definition) is 3. The number of nitrogens with zero attached hydrogens (tertiary/aromatic N) is 4. The monoisotopic (exact) mass is 483 g/mol. The van der Waals surface area contributed by atoms with Crippen molar-refractivity contribution in [2.75, 3.05) is 48.3 Å². The fourth-order valence-electron chi connectivity index (χ4n) is 4.31. The summed E-state index contributed by atoms with van der Waals surface area (Å²) < 4.78 is 28.0. The van der Waals surface area contributed by atoms with Crippen LogP contribution in [0.25, 0.3) is 5.57 Å². The van der Waals surface area contributed by atoms with Crippen molar-refractivity contribution < 1.29 is 18.0 Å². The van der Waals surface area contributed by atoms with Gasteiger partial charge in [0.25, 0.3) is 5.91 Å². The van der Waals surface area contributed by atoms with Crippen molar-refractivity contribution in [2.45, 2.75) is 24.2 Å². The Balaban J connectivity index is 1.52. The van der Waals surface area contributed by atoms with E-state index in [1.807, 2.05) is 4.90 Å². The second-order valence-corrected chi connectivity index (χ2v) is 10.1. The summed E-state index contributed by atoms with van der Waals surface area (Å²) in [6, 6.07) is 6.37. The number of nitrogens with one attached hydrogen (secondary N) is 3. The Morgan fingerprint density at radius 1 is 0.971 bits per heavy atom. The molecule has 0 unspecified atom stereocenters. The van der Waals surface area contributed by atoms with Crippen molar-refractivity contribution in [3.63, 3.8) is 0 Å². The van der Waals surface area contributed by atoms with Gasteiger partial charge in [0, 0.05) is 51.0 Å². The average Bonchev–Trinajstić information content (AvgIpc) is 3.17. The first-order valence-corrected chi connectivity index (χ1v) is 12.7. The smallest absolute Gasteiger partial charge is 0.259 e. The van der Waals surface area contributed by atoms with Gasteiger partial charge in [0.15, 0.2) is 0 Å². The highest BCUT2D eigenvalue weighted by atomic mass is 32.2. The van der Waals surface area contributed by atoms with Crippen LogP contribution in [-0.4, -0.2) is 67.8 Å². The van der Waals surface area contributed by atoms with E-state index in [2.05, 4.69) is 30.2 Å². The molecule has 4 bridgehead atoms. The minimum absolute atomic E-state index is 0.0580. The van der Waals surface area contributed by atoms with E-state index in [0.29, 0.717) is 73.9 Å². The van der Waals surface area contributed by atoms with Gasteiger partial charge in [-0.05, 0) is 31.0 Å². The number of rotatable bonds is 0. The average molecular weight is 484 g/mol. The number of anilines is 3. The van der Waals surface area contributed by atoms with Gasteiger partial charge in [-0.1, -0.05) is 6.07 Å². The van der Waals surface area contributed by atoms with Crippen molar-refractivity contribution in [3.05, 3.63) is 42.4 Å².